The zero-order chi connectivity index (χ0) is 10.7. The molecule has 0 aliphatic carbocycles. The lowest BCUT2D eigenvalue weighted by molar-refractivity contribution is 0.112. The third-order valence-corrected chi connectivity index (χ3v) is 3.04. The Balaban J connectivity index is 2.58. The molecule has 0 N–H and O–H groups in total. The number of aldehydes is 1. The van der Waals surface area contributed by atoms with Crippen LogP contribution in [0.3, 0.4) is 0 Å². The van der Waals surface area contributed by atoms with E-state index in [9.17, 15) is 4.79 Å². The zero-order valence-corrected chi connectivity index (χ0v) is 9.08. The Hall–Kier alpha value is -1.61. The summed E-state index contributed by atoms with van der Waals surface area (Å²) in [7, 11) is 1.63. The van der Waals surface area contributed by atoms with Gasteiger partial charge in [0.1, 0.15) is 5.75 Å². The lowest BCUT2D eigenvalue weighted by Gasteiger charge is -2.06. The monoisotopic (exact) mass is 218 g/mol. The molecule has 0 amide bonds. The van der Waals surface area contributed by atoms with Gasteiger partial charge in [-0.3, -0.25) is 4.79 Å². The van der Waals surface area contributed by atoms with Gasteiger partial charge >= 0.3 is 0 Å². The standard InChI is InChI=1S/C12H10O2S/c1-14-11-5-3-2-4-9(11)10-6-7-15-12(10)8-13/h2-8H,1H3. The second kappa shape index (κ2) is 4.28. The molecule has 0 radical (unpaired) electrons. The third-order valence-electron chi connectivity index (χ3n) is 2.20. The average molecular weight is 218 g/mol. The highest BCUT2D eigenvalue weighted by Gasteiger charge is 2.09. The van der Waals surface area contributed by atoms with Crippen LogP contribution in [0, 0.1) is 0 Å². The first-order valence-electron chi connectivity index (χ1n) is 4.53. The molecular formula is C12H10O2S. The van der Waals surface area contributed by atoms with E-state index >= 15 is 0 Å². The summed E-state index contributed by atoms with van der Waals surface area (Å²) in [6.45, 7) is 0. The van der Waals surface area contributed by atoms with Crippen molar-refractivity contribution in [2.75, 3.05) is 7.11 Å². The number of ether oxygens (including phenoxy) is 1. The Morgan fingerprint density at radius 2 is 2.00 bits per heavy atom. The number of methoxy groups -OCH3 is 1. The smallest absolute Gasteiger partial charge is 0.160 e. The highest BCUT2D eigenvalue weighted by molar-refractivity contribution is 7.12. The number of hydrogen-bond acceptors (Lipinski definition) is 3. The molecular weight excluding hydrogens is 208 g/mol. The van der Waals surface area contributed by atoms with Crippen LogP contribution in [0.1, 0.15) is 9.67 Å². The maximum atomic E-state index is 10.8. The van der Waals surface area contributed by atoms with Gasteiger partial charge in [-0.1, -0.05) is 18.2 Å². The second-order valence-corrected chi connectivity index (χ2v) is 3.96. The fourth-order valence-electron chi connectivity index (χ4n) is 1.50. The van der Waals surface area contributed by atoms with E-state index < -0.39 is 0 Å². The molecule has 0 bridgehead atoms. The normalized spacial score (nSPS) is 9.93. The van der Waals surface area contributed by atoms with Crippen molar-refractivity contribution in [2.24, 2.45) is 0 Å². The molecule has 0 saturated carbocycles. The van der Waals surface area contributed by atoms with Gasteiger partial charge in [-0.2, -0.15) is 0 Å². The quantitative estimate of drug-likeness (QED) is 0.739. The van der Waals surface area contributed by atoms with E-state index in [1.165, 1.54) is 11.3 Å². The molecule has 3 heteroatoms. The molecule has 2 nitrogen and oxygen atoms in total. The predicted molar refractivity (Wildman–Crippen MR) is 61.7 cm³/mol. The third kappa shape index (κ3) is 1.78. The fraction of sp³-hybridized carbons (Fsp3) is 0.0833. The van der Waals surface area contributed by atoms with Crippen molar-refractivity contribution < 1.29 is 9.53 Å². The van der Waals surface area contributed by atoms with E-state index in [0.29, 0.717) is 0 Å². The molecule has 0 saturated heterocycles. The van der Waals surface area contributed by atoms with Gasteiger partial charge in [0.15, 0.2) is 6.29 Å². The summed E-state index contributed by atoms with van der Waals surface area (Å²) in [5, 5.41) is 1.91. The zero-order valence-electron chi connectivity index (χ0n) is 8.27. The minimum absolute atomic E-state index is 0.736. The van der Waals surface area contributed by atoms with Crippen LogP contribution in [-0.4, -0.2) is 13.4 Å². The number of hydrogen-bond donors (Lipinski definition) is 0. The van der Waals surface area contributed by atoms with Gasteiger partial charge in [0.05, 0.1) is 12.0 Å². The maximum Gasteiger partial charge on any atom is 0.160 e. The molecule has 2 rings (SSSR count). The summed E-state index contributed by atoms with van der Waals surface area (Å²) in [6, 6.07) is 9.63. The number of benzene rings is 1. The Kier molecular flexibility index (Phi) is 2.83. The van der Waals surface area contributed by atoms with Crippen LogP contribution in [0.4, 0.5) is 0 Å². The summed E-state index contributed by atoms with van der Waals surface area (Å²) in [5.74, 6) is 0.791. The number of carbonyl (C=O) groups is 1. The Bertz CT molecular complexity index is 474. The lowest BCUT2D eigenvalue weighted by Crippen LogP contribution is -1.87. The van der Waals surface area contributed by atoms with Gasteiger partial charge in [-0.05, 0) is 17.5 Å². The molecule has 0 aliphatic heterocycles. The van der Waals surface area contributed by atoms with E-state index in [-0.39, 0.29) is 0 Å². The molecule has 0 spiro atoms. The maximum absolute atomic E-state index is 10.8. The van der Waals surface area contributed by atoms with Gasteiger partial charge < -0.3 is 4.74 Å². The van der Waals surface area contributed by atoms with Crippen LogP contribution < -0.4 is 4.74 Å². The van der Waals surface area contributed by atoms with Crippen LogP contribution in [0.2, 0.25) is 0 Å². The van der Waals surface area contributed by atoms with Crippen molar-refractivity contribution in [3.8, 4) is 16.9 Å². The molecule has 76 valence electrons. The van der Waals surface area contributed by atoms with Crippen molar-refractivity contribution in [1.82, 2.24) is 0 Å². The average Bonchev–Trinajstić information content (AvgIpc) is 2.76. The van der Waals surface area contributed by atoms with Crippen LogP contribution in [0.5, 0.6) is 5.75 Å². The minimum Gasteiger partial charge on any atom is -0.496 e. The van der Waals surface area contributed by atoms with Crippen LogP contribution in [-0.2, 0) is 0 Å². The molecule has 2 aromatic rings. The topological polar surface area (TPSA) is 26.3 Å². The van der Waals surface area contributed by atoms with Crippen molar-refractivity contribution >= 4 is 17.6 Å². The van der Waals surface area contributed by atoms with Crippen molar-refractivity contribution in [1.29, 1.82) is 0 Å². The minimum atomic E-state index is 0.736. The summed E-state index contributed by atoms with van der Waals surface area (Å²) in [6.07, 6.45) is 0.881. The molecule has 0 unspecified atom stereocenters. The molecule has 0 fully saturated rings. The van der Waals surface area contributed by atoms with E-state index in [1.807, 2.05) is 35.7 Å². The number of para-hydroxylation sites is 1. The molecule has 15 heavy (non-hydrogen) atoms. The van der Waals surface area contributed by atoms with Gasteiger partial charge in [-0.25, -0.2) is 0 Å². The van der Waals surface area contributed by atoms with Crippen LogP contribution in [0.25, 0.3) is 11.1 Å². The fourth-order valence-corrected chi connectivity index (χ4v) is 2.21. The van der Waals surface area contributed by atoms with Gasteiger partial charge in [0.2, 0.25) is 0 Å². The van der Waals surface area contributed by atoms with Crippen molar-refractivity contribution in [3.05, 3.63) is 40.6 Å². The second-order valence-electron chi connectivity index (χ2n) is 3.02. The first-order chi connectivity index (χ1) is 7.36. The van der Waals surface area contributed by atoms with Crippen LogP contribution >= 0.6 is 11.3 Å². The summed E-state index contributed by atoms with van der Waals surface area (Å²) < 4.78 is 5.26. The van der Waals surface area contributed by atoms with Crippen molar-refractivity contribution in [2.45, 2.75) is 0 Å². The van der Waals surface area contributed by atoms with Gasteiger partial charge in [-0.15, -0.1) is 11.3 Å². The predicted octanol–water partition coefficient (Wildman–Crippen LogP) is 3.24. The number of thiophene rings is 1. The molecule has 1 heterocycles. The molecule has 1 aromatic carbocycles. The summed E-state index contributed by atoms with van der Waals surface area (Å²) >= 11 is 1.44. The highest BCUT2D eigenvalue weighted by atomic mass is 32.1. The van der Waals surface area contributed by atoms with E-state index in [0.717, 1.165) is 28.0 Å². The molecule has 0 atom stereocenters. The Morgan fingerprint density at radius 1 is 1.20 bits per heavy atom. The van der Waals surface area contributed by atoms with Gasteiger partial charge in [0, 0.05) is 11.1 Å². The van der Waals surface area contributed by atoms with Crippen LogP contribution in [0.15, 0.2) is 35.7 Å². The first kappa shape index (κ1) is 9.93. The number of carbonyl (C=O) groups excluding carboxylic acids is 1. The molecule has 1 aromatic heterocycles. The van der Waals surface area contributed by atoms with E-state index in [1.54, 1.807) is 7.11 Å². The summed E-state index contributed by atoms with van der Waals surface area (Å²) in [5.41, 5.74) is 1.90. The Labute approximate surface area is 92.1 Å². The van der Waals surface area contributed by atoms with E-state index in [4.69, 9.17) is 4.74 Å². The number of rotatable bonds is 3. The lowest BCUT2D eigenvalue weighted by atomic mass is 10.1. The molecule has 0 aliphatic rings. The van der Waals surface area contributed by atoms with Gasteiger partial charge in [0.25, 0.3) is 0 Å². The summed E-state index contributed by atoms with van der Waals surface area (Å²) in [4.78, 5) is 11.6. The SMILES string of the molecule is COc1ccccc1-c1ccsc1C=O. The Morgan fingerprint density at radius 3 is 2.73 bits per heavy atom. The van der Waals surface area contributed by atoms with Crippen molar-refractivity contribution in [3.63, 3.8) is 0 Å². The highest BCUT2D eigenvalue weighted by Crippen LogP contribution is 2.33. The van der Waals surface area contributed by atoms with E-state index in [2.05, 4.69) is 0 Å². The largest absolute Gasteiger partial charge is 0.496 e. The first-order valence-corrected chi connectivity index (χ1v) is 5.41.